The van der Waals surface area contributed by atoms with E-state index in [0.29, 0.717) is 6.54 Å². The maximum atomic E-state index is 12.9. The van der Waals surface area contributed by atoms with Gasteiger partial charge in [0.05, 0.1) is 5.56 Å². The topological polar surface area (TPSA) is 24.9 Å². The molecule has 1 aromatic carbocycles. The number of nitrogens with one attached hydrogen (secondary N) is 1. The molecular weight excluding hydrogens is 265 g/mol. The fraction of sp³-hybridized carbons (Fsp3) is 0.267. The van der Waals surface area contributed by atoms with Crippen molar-refractivity contribution in [2.75, 3.05) is 0 Å². The van der Waals surface area contributed by atoms with Crippen molar-refractivity contribution in [2.45, 2.75) is 25.7 Å². The first-order valence-electron chi connectivity index (χ1n) is 6.27. The van der Waals surface area contributed by atoms with Crippen molar-refractivity contribution in [1.82, 2.24) is 10.3 Å². The number of alkyl halides is 3. The predicted molar refractivity (Wildman–Crippen MR) is 70.9 cm³/mol. The molecule has 0 amide bonds. The second-order valence-electron chi connectivity index (χ2n) is 4.54. The van der Waals surface area contributed by atoms with Crippen LogP contribution >= 0.6 is 0 Å². The summed E-state index contributed by atoms with van der Waals surface area (Å²) >= 11 is 0. The first-order chi connectivity index (χ1) is 9.48. The maximum Gasteiger partial charge on any atom is 0.416 e. The summed E-state index contributed by atoms with van der Waals surface area (Å²) in [6, 6.07) is 8.91. The zero-order valence-electron chi connectivity index (χ0n) is 11.0. The Morgan fingerprint density at radius 2 is 1.75 bits per heavy atom. The number of benzene rings is 1. The molecule has 0 fully saturated rings. The van der Waals surface area contributed by atoms with Crippen LogP contribution in [0.4, 0.5) is 13.2 Å². The molecule has 2 rings (SSSR count). The highest BCUT2D eigenvalue weighted by atomic mass is 19.4. The summed E-state index contributed by atoms with van der Waals surface area (Å²) in [4.78, 5) is 3.90. The van der Waals surface area contributed by atoms with Crippen LogP contribution in [0.3, 0.4) is 0 Å². The molecule has 1 unspecified atom stereocenters. The van der Waals surface area contributed by atoms with E-state index in [-0.39, 0.29) is 11.6 Å². The molecule has 1 N–H and O–H groups in total. The largest absolute Gasteiger partial charge is 0.416 e. The Morgan fingerprint density at radius 3 is 2.40 bits per heavy atom. The third-order valence-electron chi connectivity index (χ3n) is 3.09. The van der Waals surface area contributed by atoms with E-state index in [0.717, 1.165) is 11.6 Å². The summed E-state index contributed by atoms with van der Waals surface area (Å²) in [5, 5.41) is 3.10. The minimum absolute atomic E-state index is 0.258. The van der Waals surface area contributed by atoms with E-state index in [2.05, 4.69) is 10.3 Å². The lowest BCUT2D eigenvalue weighted by Crippen LogP contribution is -2.21. The number of halogens is 3. The van der Waals surface area contributed by atoms with Crippen molar-refractivity contribution in [2.24, 2.45) is 0 Å². The summed E-state index contributed by atoms with van der Waals surface area (Å²) in [6.07, 6.45) is -1.01. The number of hydrogen-bond acceptors (Lipinski definition) is 2. The quantitative estimate of drug-likeness (QED) is 0.917. The Labute approximate surface area is 115 Å². The van der Waals surface area contributed by atoms with Gasteiger partial charge in [0.25, 0.3) is 0 Å². The second-order valence-corrected chi connectivity index (χ2v) is 4.54. The van der Waals surface area contributed by atoms with Gasteiger partial charge >= 0.3 is 6.18 Å². The predicted octanol–water partition coefficient (Wildman–Crippen LogP) is 3.95. The maximum absolute atomic E-state index is 12.9. The average Bonchev–Trinajstić information content (AvgIpc) is 2.45. The van der Waals surface area contributed by atoms with Crippen molar-refractivity contribution in [3.8, 4) is 0 Å². The monoisotopic (exact) mass is 280 g/mol. The highest BCUT2D eigenvalue weighted by Crippen LogP contribution is 2.34. The molecule has 5 heteroatoms. The smallest absolute Gasteiger partial charge is 0.306 e. The van der Waals surface area contributed by atoms with E-state index in [1.165, 1.54) is 12.1 Å². The molecule has 0 spiro atoms. The molecule has 0 aliphatic heterocycles. The Balaban J connectivity index is 2.12. The fourth-order valence-corrected chi connectivity index (χ4v) is 2.01. The summed E-state index contributed by atoms with van der Waals surface area (Å²) < 4.78 is 38.8. The molecule has 0 aliphatic rings. The molecule has 1 atom stereocenters. The number of rotatable bonds is 4. The van der Waals surface area contributed by atoms with Gasteiger partial charge in [-0.25, -0.2) is 0 Å². The minimum Gasteiger partial charge on any atom is -0.306 e. The molecule has 0 aliphatic carbocycles. The molecule has 1 aromatic heterocycles. The van der Waals surface area contributed by atoms with Crippen LogP contribution in [-0.2, 0) is 12.7 Å². The lowest BCUT2D eigenvalue weighted by molar-refractivity contribution is -0.138. The highest BCUT2D eigenvalue weighted by Gasteiger charge is 2.33. The van der Waals surface area contributed by atoms with Crippen LogP contribution in [0.1, 0.15) is 29.7 Å². The van der Waals surface area contributed by atoms with Gasteiger partial charge in [-0.05, 0) is 36.2 Å². The van der Waals surface area contributed by atoms with Crippen LogP contribution in [0.15, 0.2) is 48.8 Å². The fourth-order valence-electron chi connectivity index (χ4n) is 2.01. The third-order valence-corrected chi connectivity index (χ3v) is 3.09. The van der Waals surface area contributed by atoms with Crippen LogP contribution in [-0.4, -0.2) is 4.98 Å². The van der Waals surface area contributed by atoms with Gasteiger partial charge in [-0.1, -0.05) is 18.2 Å². The van der Waals surface area contributed by atoms with Crippen LogP contribution in [0, 0.1) is 0 Å². The summed E-state index contributed by atoms with van der Waals surface area (Å²) in [5.74, 6) is 0. The molecule has 0 bridgehead atoms. The van der Waals surface area contributed by atoms with E-state index in [4.69, 9.17) is 0 Å². The first-order valence-corrected chi connectivity index (χ1v) is 6.27. The molecular formula is C15H15F3N2. The Morgan fingerprint density at radius 1 is 1.10 bits per heavy atom. The first kappa shape index (κ1) is 14.5. The Kier molecular flexibility index (Phi) is 4.39. The summed E-state index contributed by atoms with van der Waals surface area (Å²) in [5.41, 5.74) is 0.653. The van der Waals surface area contributed by atoms with Crippen molar-refractivity contribution < 1.29 is 13.2 Å². The van der Waals surface area contributed by atoms with Gasteiger partial charge in [0.2, 0.25) is 0 Å². The van der Waals surface area contributed by atoms with Crippen molar-refractivity contribution in [1.29, 1.82) is 0 Å². The van der Waals surface area contributed by atoms with E-state index < -0.39 is 11.7 Å². The van der Waals surface area contributed by atoms with Crippen molar-refractivity contribution in [3.63, 3.8) is 0 Å². The van der Waals surface area contributed by atoms with E-state index in [9.17, 15) is 13.2 Å². The molecule has 0 saturated carbocycles. The van der Waals surface area contributed by atoms with Gasteiger partial charge in [0, 0.05) is 25.0 Å². The number of pyridine rings is 1. The van der Waals surface area contributed by atoms with E-state index in [1.54, 1.807) is 25.4 Å². The zero-order valence-corrected chi connectivity index (χ0v) is 11.0. The Bertz CT molecular complexity index is 553. The lowest BCUT2D eigenvalue weighted by Gasteiger charge is -2.19. The molecule has 2 aromatic rings. The Hall–Kier alpha value is -1.88. The molecule has 2 nitrogen and oxygen atoms in total. The number of nitrogens with zero attached hydrogens (tertiary/aromatic N) is 1. The standard InChI is InChI=1S/C15H15F3N2/c1-11(20-10-12-6-8-19-9-7-12)13-4-2-3-5-14(13)15(16,17)18/h2-9,11,20H,10H2,1H3. The minimum atomic E-state index is -4.33. The van der Waals surface area contributed by atoms with Crippen LogP contribution in [0.5, 0.6) is 0 Å². The van der Waals surface area contributed by atoms with Crippen molar-refractivity contribution in [3.05, 3.63) is 65.5 Å². The van der Waals surface area contributed by atoms with Gasteiger partial charge in [0.15, 0.2) is 0 Å². The van der Waals surface area contributed by atoms with Gasteiger partial charge in [-0.3, -0.25) is 4.98 Å². The van der Waals surface area contributed by atoms with Gasteiger partial charge in [-0.15, -0.1) is 0 Å². The van der Waals surface area contributed by atoms with Crippen molar-refractivity contribution >= 4 is 0 Å². The molecule has 0 radical (unpaired) electrons. The highest BCUT2D eigenvalue weighted by molar-refractivity contribution is 5.32. The number of hydrogen-bond donors (Lipinski definition) is 1. The second kappa shape index (κ2) is 6.05. The normalized spacial score (nSPS) is 13.2. The lowest BCUT2D eigenvalue weighted by atomic mass is 10.0. The van der Waals surface area contributed by atoms with E-state index in [1.807, 2.05) is 12.1 Å². The molecule has 20 heavy (non-hydrogen) atoms. The molecule has 106 valence electrons. The molecule has 1 heterocycles. The number of aromatic nitrogens is 1. The zero-order chi connectivity index (χ0) is 14.6. The van der Waals surface area contributed by atoms with Crippen LogP contribution < -0.4 is 5.32 Å². The molecule has 0 saturated heterocycles. The van der Waals surface area contributed by atoms with Gasteiger partial charge in [0.1, 0.15) is 0 Å². The summed E-state index contributed by atoms with van der Waals surface area (Å²) in [7, 11) is 0. The average molecular weight is 280 g/mol. The van der Waals surface area contributed by atoms with Gasteiger partial charge in [-0.2, -0.15) is 13.2 Å². The van der Waals surface area contributed by atoms with Crippen LogP contribution in [0.25, 0.3) is 0 Å². The third kappa shape index (κ3) is 3.57. The van der Waals surface area contributed by atoms with Crippen LogP contribution in [0.2, 0.25) is 0 Å². The van der Waals surface area contributed by atoms with E-state index >= 15 is 0 Å². The summed E-state index contributed by atoms with van der Waals surface area (Å²) in [6.45, 7) is 2.22. The van der Waals surface area contributed by atoms with Gasteiger partial charge < -0.3 is 5.32 Å². The SMILES string of the molecule is CC(NCc1ccncc1)c1ccccc1C(F)(F)F.